The van der Waals surface area contributed by atoms with Gasteiger partial charge in [-0.3, -0.25) is 4.79 Å². The highest BCUT2D eigenvalue weighted by Gasteiger charge is 2.42. The van der Waals surface area contributed by atoms with Crippen molar-refractivity contribution in [1.82, 2.24) is 4.98 Å². The van der Waals surface area contributed by atoms with Gasteiger partial charge in [0.2, 0.25) is 5.88 Å². The molecule has 23 heavy (non-hydrogen) atoms. The van der Waals surface area contributed by atoms with Crippen molar-refractivity contribution >= 4 is 17.4 Å². The molecule has 0 aliphatic heterocycles. The third-order valence-corrected chi connectivity index (χ3v) is 4.88. The van der Waals surface area contributed by atoms with Crippen molar-refractivity contribution in [3.05, 3.63) is 58.7 Å². The summed E-state index contributed by atoms with van der Waals surface area (Å²) in [7, 11) is 0. The molecule has 1 aliphatic rings. The van der Waals surface area contributed by atoms with Gasteiger partial charge in [0.15, 0.2) is 5.78 Å². The Balaban J connectivity index is 1.76. The molecule has 0 radical (unpaired) electrons. The zero-order chi connectivity index (χ0) is 16.3. The van der Waals surface area contributed by atoms with E-state index in [0.29, 0.717) is 10.9 Å². The van der Waals surface area contributed by atoms with Gasteiger partial charge in [0.1, 0.15) is 6.61 Å². The molecule has 1 heterocycles. The van der Waals surface area contributed by atoms with E-state index in [1.54, 1.807) is 12.3 Å². The van der Waals surface area contributed by atoms with Gasteiger partial charge in [-0.1, -0.05) is 42.6 Å². The number of carbonyl (C=O) groups excluding carboxylic acids is 1. The van der Waals surface area contributed by atoms with E-state index in [1.165, 1.54) is 0 Å². The molecule has 4 heteroatoms. The second-order valence-electron chi connectivity index (χ2n) is 6.18. The van der Waals surface area contributed by atoms with Gasteiger partial charge in [0, 0.05) is 17.3 Å². The van der Waals surface area contributed by atoms with E-state index in [-0.39, 0.29) is 12.4 Å². The van der Waals surface area contributed by atoms with Gasteiger partial charge >= 0.3 is 0 Å². The van der Waals surface area contributed by atoms with Crippen LogP contribution >= 0.6 is 11.6 Å². The molecule has 2 aromatic rings. The molecule has 0 atom stereocenters. The monoisotopic (exact) mass is 329 g/mol. The smallest absolute Gasteiger partial charge is 0.213 e. The Labute approximate surface area is 141 Å². The summed E-state index contributed by atoms with van der Waals surface area (Å²) in [5, 5.41) is 0.689. The molecule has 1 saturated carbocycles. The first-order chi connectivity index (χ1) is 11.1. The maximum Gasteiger partial charge on any atom is 0.213 e. The quantitative estimate of drug-likeness (QED) is 0.810. The minimum atomic E-state index is -0.435. The summed E-state index contributed by atoms with van der Waals surface area (Å²) in [6.07, 6.45) is 5.62. The number of carbonyl (C=O) groups is 1. The molecule has 1 fully saturated rings. The van der Waals surface area contributed by atoms with Gasteiger partial charge in [-0.15, -0.1) is 0 Å². The van der Waals surface area contributed by atoms with Gasteiger partial charge in [-0.05, 0) is 43.0 Å². The van der Waals surface area contributed by atoms with Gasteiger partial charge in [-0.2, -0.15) is 0 Å². The number of rotatable bonds is 5. The highest BCUT2D eigenvalue weighted by atomic mass is 35.5. The van der Waals surface area contributed by atoms with Crippen LogP contribution < -0.4 is 4.74 Å². The summed E-state index contributed by atoms with van der Waals surface area (Å²) < 4.78 is 5.62. The lowest BCUT2D eigenvalue weighted by molar-refractivity contribution is -0.126. The van der Waals surface area contributed by atoms with Gasteiger partial charge in [0.25, 0.3) is 0 Å². The Morgan fingerprint density at radius 3 is 2.48 bits per heavy atom. The first-order valence-electron chi connectivity index (χ1n) is 7.95. The molecular weight excluding hydrogens is 310 g/mol. The molecule has 1 aromatic heterocycles. The normalized spacial score (nSPS) is 16.3. The molecule has 1 aliphatic carbocycles. The topological polar surface area (TPSA) is 39.2 Å². The number of aryl methyl sites for hydroxylation is 1. The minimum absolute atomic E-state index is 0.0543. The zero-order valence-corrected chi connectivity index (χ0v) is 14.0. The third-order valence-electron chi connectivity index (χ3n) is 4.62. The number of hydrogen-bond donors (Lipinski definition) is 0. The molecular formula is C19H20ClNO2. The average molecular weight is 330 g/mol. The van der Waals surface area contributed by atoms with Crippen LogP contribution in [0, 0.1) is 6.92 Å². The number of halogens is 1. The largest absolute Gasteiger partial charge is 0.470 e. The first-order valence-corrected chi connectivity index (χ1v) is 8.33. The summed E-state index contributed by atoms with van der Waals surface area (Å²) in [5.74, 6) is 0.618. The van der Waals surface area contributed by atoms with Crippen molar-refractivity contribution in [3.63, 3.8) is 0 Å². The Bertz CT molecular complexity index is 674. The average Bonchev–Trinajstić information content (AvgIpc) is 3.06. The van der Waals surface area contributed by atoms with Crippen LogP contribution in [0.1, 0.15) is 36.8 Å². The number of nitrogens with zero attached hydrogens (tertiary/aromatic N) is 1. The number of benzene rings is 1. The van der Waals surface area contributed by atoms with Gasteiger partial charge in [0.05, 0.1) is 5.41 Å². The van der Waals surface area contributed by atoms with Gasteiger partial charge < -0.3 is 4.74 Å². The van der Waals surface area contributed by atoms with Crippen LogP contribution in [0.5, 0.6) is 5.88 Å². The molecule has 0 N–H and O–H groups in total. The van der Waals surface area contributed by atoms with E-state index in [9.17, 15) is 4.79 Å². The van der Waals surface area contributed by atoms with E-state index >= 15 is 0 Å². The fraction of sp³-hybridized carbons (Fsp3) is 0.368. The molecule has 0 spiro atoms. The maximum absolute atomic E-state index is 12.9. The van der Waals surface area contributed by atoms with E-state index in [2.05, 4.69) is 4.98 Å². The lowest BCUT2D eigenvalue weighted by atomic mass is 9.75. The predicted molar refractivity (Wildman–Crippen MR) is 91.1 cm³/mol. The fourth-order valence-electron chi connectivity index (χ4n) is 3.29. The summed E-state index contributed by atoms with van der Waals surface area (Å²) in [5.41, 5.74) is 1.68. The van der Waals surface area contributed by atoms with E-state index in [4.69, 9.17) is 16.3 Å². The second-order valence-corrected chi connectivity index (χ2v) is 6.62. The summed E-state index contributed by atoms with van der Waals surface area (Å²) >= 11 is 5.98. The lowest BCUT2D eigenvalue weighted by Gasteiger charge is -2.28. The number of aromatic nitrogens is 1. The van der Waals surface area contributed by atoms with Crippen LogP contribution in [0.4, 0.5) is 0 Å². The molecule has 0 saturated heterocycles. The Hall–Kier alpha value is -1.87. The highest BCUT2D eigenvalue weighted by Crippen LogP contribution is 2.42. The van der Waals surface area contributed by atoms with Crippen molar-refractivity contribution < 1.29 is 9.53 Å². The van der Waals surface area contributed by atoms with Crippen molar-refractivity contribution in [2.24, 2.45) is 0 Å². The van der Waals surface area contributed by atoms with Crippen molar-refractivity contribution in [2.45, 2.75) is 38.0 Å². The van der Waals surface area contributed by atoms with Crippen LogP contribution in [-0.4, -0.2) is 17.4 Å². The zero-order valence-electron chi connectivity index (χ0n) is 13.2. The number of hydrogen-bond acceptors (Lipinski definition) is 3. The lowest BCUT2D eigenvalue weighted by Crippen LogP contribution is -2.36. The van der Waals surface area contributed by atoms with Crippen LogP contribution in [0.15, 0.2) is 42.6 Å². The van der Waals surface area contributed by atoms with Crippen molar-refractivity contribution in [1.29, 1.82) is 0 Å². The van der Waals surface area contributed by atoms with Gasteiger partial charge in [-0.25, -0.2) is 4.98 Å². The summed E-state index contributed by atoms with van der Waals surface area (Å²) in [6, 6.07) is 11.4. The van der Waals surface area contributed by atoms with Crippen molar-refractivity contribution in [2.75, 3.05) is 6.61 Å². The molecule has 3 nitrogen and oxygen atoms in total. The van der Waals surface area contributed by atoms with Crippen LogP contribution in [0.25, 0.3) is 0 Å². The van der Waals surface area contributed by atoms with E-state index in [1.807, 2.05) is 37.3 Å². The van der Waals surface area contributed by atoms with Crippen LogP contribution in [0.2, 0.25) is 5.02 Å². The summed E-state index contributed by atoms with van der Waals surface area (Å²) in [6.45, 7) is 2.02. The standard InChI is InChI=1S/C19H20ClNO2/c1-14-4-9-18(21-12-14)23-13-17(22)19(10-2-3-11-19)15-5-7-16(20)8-6-15/h4-9,12H,2-3,10-11,13H2,1H3. The minimum Gasteiger partial charge on any atom is -0.470 e. The van der Waals surface area contributed by atoms with Crippen LogP contribution in [0.3, 0.4) is 0 Å². The molecule has 1 aromatic carbocycles. The SMILES string of the molecule is Cc1ccc(OCC(=O)C2(c3ccc(Cl)cc3)CCCC2)nc1. The number of ether oxygens (including phenoxy) is 1. The predicted octanol–water partition coefficient (Wildman–Crippen LogP) is 4.50. The number of pyridine rings is 1. The molecule has 0 amide bonds. The van der Waals surface area contributed by atoms with Crippen LogP contribution in [-0.2, 0) is 10.2 Å². The molecule has 0 unspecified atom stereocenters. The Kier molecular flexibility index (Phi) is 4.67. The third kappa shape index (κ3) is 3.40. The fourth-order valence-corrected chi connectivity index (χ4v) is 3.42. The second kappa shape index (κ2) is 6.71. The van der Waals surface area contributed by atoms with Crippen molar-refractivity contribution in [3.8, 4) is 5.88 Å². The molecule has 120 valence electrons. The Morgan fingerprint density at radius 1 is 1.17 bits per heavy atom. The first kappa shape index (κ1) is 16.0. The highest BCUT2D eigenvalue weighted by molar-refractivity contribution is 6.30. The summed E-state index contributed by atoms with van der Waals surface area (Å²) in [4.78, 5) is 17.1. The molecule has 3 rings (SSSR count). The Morgan fingerprint density at radius 2 is 1.87 bits per heavy atom. The maximum atomic E-state index is 12.9. The van der Waals surface area contributed by atoms with E-state index < -0.39 is 5.41 Å². The van der Waals surface area contributed by atoms with E-state index in [0.717, 1.165) is 36.8 Å². The number of Topliss-reactive ketones (excluding diaryl/α,β-unsaturated/α-hetero) is 1. The molecule has 0 bridgehead atoms. The number of ketones is 1.